The average Bonchev–Trinajstić information content (AvgIpc) is 2.47. The Morgan fingerprint density at radius 1 is 1.10 bits per heavy atom. The molecule has 3 rings (SSSR count). The number of nitrogens with one attached hydrogen (secondary N) is 2. The number of hydrogen-bond donors (Lipinski definition) is 2. The molecule has 106 valence electrons. The predicted octanol–water partition coefficient (Wildman–Crippen LogP) is 2.52. The van der Waals surface area contributed by atoms with Gasteiger partial charge in [-0.25, -0.2) is 4.98 Å². The van der Waals surface area contributed by atoms with Crippen molar-refractivity contribution in [2.75, 3.05) is 0 Å². The van der Waals surface area contributed by atoms with E-state index in [0.717, 1.165) is 12.1 Å². The highest BCUT2D eigenvalue weighted by molar-refractivity contribution is 5.77. The minimum absolute atomic E-state index is 0.0899. The molecule has 0 unspecified atom stereocenters. The molecular formula is C17H17N3O. The number of H-pyrrole nitrogens is 1. The van der Waals surface area contributed by atoms with Gasteiger partial charge in [0.15, 0.2) is 0 Å². The van der Waals surface area contributed by atoms with E-state index in [-0.39, 0.29) is 5.56 Å². The van der Waals surface area contributed by atoms with E-state index in [1.165, 1.54) is 11.1 Å². The van der Waals surface area contributed by atoms with Crippen LogP contribution in [-0.2, 0) is 13.1 Å². The van der Waals surface area contributed by atoms with Gasteiger partial charge in [0.25, 0.3) is 5.56 Å². The van der Waals surface area contributed by atoms with Gasteiger partial charge < -0.3 is 10.3 Å². The third-order valence-electron chi connectivity index (χ3n) is 3.37. The van der Waals surface area contributed by atoms with Crippen molar-refractivity contribution in [2.45, 2.75) is 20.0 Å². The standard InChI is InChI=1S/C17H17N3O/c1-12-5-4-6-13(9-12)10-18-11-16-19-15-8-3-2-7-14(15)17(21)20-16/h2-9,18H,10-11H2,1H3,(H,19,20,21). The Balaban J connectivity index is 1.72. The summed E-state index contributed by atoms with van der Waals surface area (Å²) in [7, 11) is 0. The van der Waals surface area contributed by atoms with E-state index >= 15 is 0 Å². The molecule has 3 aromatic rings. The van der Waals surface area contributed by atoms with Crippen LogP contribution in [0.3, 0.4) is 0 Å². The van der Waals surface area contributed by atoms with Gasteiger partial charge >= 0.3 is 0 Å². The Bertz CT molecular complexity index is 823. The molecular weight excluding hydrogens is 262 g/mol. The van der Waals surface area contributed by atoms with Gasteiger partial charge in [-0.1, -0.05) is 42.0 Å². The van der Waals surface area contributed by atoms with Crippen molar-refractivity contribution in [3.05, 3.63) is 75.8 Å². The predicted molar refractivity (Wildman–Crippen MR) is 84.1 cm³/mol. The van der Waals surface area contributed by atoms with E-state index < -0.39 is 0 Å². The lowest BCUT2D eigenvalue weighted by Crippen LogP contribution is -2.19. The Morgan fingerprint density at radius 3 is 2.81 bits per heavy atom. The Hall–Kier alpha value is -2.46. The topological polar surface area (TPSA) is 57.8 Å². The second-order valence-electron chi connectivity index (χ2n) is 5.12. The minimum atomic E-state index is -0.0899. The Labute approximate surface area is 122 Å². The van der Waals surface area contributed by atoms with E-state index in [1.807, 2.05) is 24.3 Å². The third-order valence-corrected chi connectivity index (χ3v) is 3.37. The van der Waals surface area contributed by atoms with E-state index in [9.17, 15) is 4.79 Å². The highest BCUT2D eigenvalue weighted by Crippen LogP contribution is 2.06. The van der Waals surface area contributed by atoms with E-state index in [1.54, 1.807) is 6.07 Å². The van der Waals surface area contributed by atoms with E-state index in [2.05, 4.69) is 40.4 Å². The number of aromatic amines is 1. The highest BCUT2D eigenvalue weighted by Gasteiger charge is 2.02. The summed E-state index contributed by atoms with van der Waals surface area (Å²) >= 11 is 0. The molecule has 4 heteroatoms. The lowest BCUT2D eigenvalue weighted by atomic mass is 10.1. The van der Waals surface area contributed by atoms with Gasteiger partial charge in [0, 0.05) is 6.54 Å². The van der Waals surface area contributed by atoms with Crippen molar-refractivity contribution < 1.29 is 0 Å². The first-order valence-electron chi connectivity index (χ1n) is 6.96. The van der Waals surface area contributed by atoms with Crippen molar-refractivity contribution in [3.63, 3.8) is 0 Å². The number of nitrogens with zero attached hydrogens (tertiary/aromatic N) is 1. The monoisotopic (exact) mass is 279 g/mol. The first kappa shape index (κ1) is 13.5. The van der Waals surface area contributed by atoms with Crippen LogP contribution in [0.2, 0.25) is 0 Å². The van der Waals surface area contributed by atoms with Gasteiger partial charge in [0.2, 0.25) is 0 Å². The van der Waals surface area contributed by atoms with Crippen LogP contribution in [0.15, 0.2) is 53.3 Å². The molecule has 21 heavy (non-hydrogen) atoms. The number of rotatable bonds is 4. The molecule has 0 amide bonds. The van der Waals surface area contributed by atoms with Gasteiger partial charge in [-0.2, -0.15) is 0 Å². The molecule has 0 radical (unpaired) electrons. The average molecular weight is 279 g/mol. The largest absolute Gasteiger partial charge is 0.309 e. The van der Waals surface area contributed by atoms with Crippen LogP contribution in [0, 0.1) is 6.92 Å². The summed E-state index contributed by atoms with van der Waals surface area (Å²) in [6, 6.07) is 15.7. The second kappa shape index (κ2) is 5.89. The summed E-state index contributed by atoms with van der Waals surface area (Å²) in [5.41, 5.74) is 3.10. The lowest BCUT2D eigenvalue weighted by Gasteiger charge is -2.06. The van der Waals surface area contributed by atoms with Crippen LogP contribution in [0.25, 0.3) is 10.9 Å². The van der Waals surface area contributed by atoms with Crippen molar-refractivity contribution in [2.24, 2.45) is 0 Å². The highest BCUT2D eigenvalue weighted by atomic mass is 16.1. The fourth-order valence-electron chi connectivity index (χ4n) is 2.37. The summed E-state index contributed by atoms with van der Waals surface area (Å²) in [5, 5.41) is 3.93. The summed E-state index contributed by atoms with van der Waals surface area (Å²) in [6.07, 6.45) is 0. The molecule has 1 aromatic heterocycles. The Kier molecular flexibility index (Phi) is 3.79. The van der Waals surface area contributed by atoms with Crippen LogP contribution in [0.1, 0.15) is 17.0 Å². The summed E-state index contributed by atoms with van der Waals surface area (Å²) < 4.78 is 0. The van der Waals surface area contributed by atoms with E-state index in [4.69, 9.17) is 0 Å². The molecule has 0 aliphatic rings. The minimum Gasteiger partial charge on any atom is -0.309 e. The van der Waals surface area contributed by atoms with Crippen molar-refractivity contribution in [3.8, 4) is 0 Å². The summed E-state index contributed by atoms with van der Waals surface area (Å²) in [6.45, 7) is 3.36. The normalized spacial score (nSPS) is 10.9. The molecule has 0 aliphatic carbocycles. The second-order valence-corrected chi connectivity index (χ2v) is 5.12. The van der Waals surface area contributed by atoms with E-state index in [0.29, 0.717) is 17.8 Å². The molecule has 0 aliphatic heterocycles. The number of fused-ring (bicyclic) bond motifs is 1. The number of benzene rings is 2. The van der Waals surface area contributed by atoms with Crippen LogP contribution in [0.4, 0.5) is 0 Å². The SMILES string of the molecule is Cc1cccc(CNCc2nc3ccccc3c(=O)[nH]2)c1. The van der Waals surface area contributed by atoms with Crippen molar-refractivity contribution in [1.29, 1.82) is 0 Å². The Morgan fingerprint density at radius 2 is 1.95 bits per heavy atom. The molecule has 0 saturated heterocycles. The molecule has 0 saturated carbocycles. The quantitative estimate of drug-likeness (QED) is 0.771. The van der Waals surface area contributed by atoms with Gasteiger partial charge in [0.1, 0.15) is 5.82 Å². The van der Waals surface area contributed by atoms with Gasteiger partial charge in [-0.3, -0.25) is 4.79 Å². The molecule has 0 fully saturated rings. The molecule has 0 spiro atoms. The first-order chi connectivity index (χ1) is 10.2. The maximum Gasteiger partial charge on any atom is 0.258 e. The van der Waals surface area contributed by atoms with Crippen LogP contribution in [-0.4, -0.2) is 9.97 Å². The molecule has 2 aromatic carbocycles. The summed E-state index contributed by atoms with van der Waals surface area (Å²) in [5.74, 6) is 0.659. The molecule has 0 atom stereocenters. The maximum atomic E-state index is 12.0. The molecule has 1 heterocycles. The first-order valence-corrected chi connectivity index (χ1v) is 6.96. The zero-order valence-corrected chi connectivity index (χ0v) is 11.9. The number of para-hydroxylation sites is 1. The zero-order valence-electron chi connectivity index (χ0n) is 11.9. The number of aryl methyl sites for hydroxylation is 1. The van der Waals surface area contributed by atoms with Gasteiger partial charge in [0.05, 0.1) is 17.4 Å². The van der Waals surface area contributed by atoms with Crippen LogP contribution in [0.5, 0.6) is 0 Å². The smallest absolute Gasteiger partial charge is 0.258 e. The maximum absolute atomic E-state index is 12.0. The van der Waals surface area contributed by atoms with Crippen molar-refractivity contribution in [1.82, 2.24) is 15.3 Å². The fourth-order valence-corrected chi connectivity index (χ4v) is 2.37. The molecule has 2 N–H and O–H groups in total. The lowest BCUT2D eigenvalue weighted by molar-refractivity contribution is 0.663. The molecule has 0 bridgehead atoms. The molecule has 4 nitrogen and oxygen atoms in total. The fraction of sp³-hybridized carbons (Fsp3) is 0.176. The van der Waals surface area contributed by atoms with Crippen LogP contribution < -0.4 is 10.9 Å². The van der Waals surface area contributed by atoms with Gasteiger partial charge in [-0.05, 0) is 24.6 Å². The summed E-state index contributed by atoms with van der Waals surface area (Å²) in [4.78, 5) is 19.2. The van der Waals surface area contributed by atoms with Gasteiger partial charge in [-0.15, -0.1) is 0 Å². The number of aromatic nitrogens is 2. The zero-order chi connectivity index (χ0) is 14.7. The third kappa shape index (κ3) is 3.17. The van der Waals surface area contributed by atoms with Crippen molar-refractivity contribution >= 4 is 10.9 Å². The van der Waals surface area contributed by atoms with Crippen LogP contribution >= 0.6 is 0 Å². The number of hydrogen-bond acceptors (Lipinski definition) is 3.